The van der Waals surface area contributed by atoms with Crippen molar-refractivity contribution in [3.8, 4) is 11.3 Å². The molecular weight excluding hydrogens is 374 g/mol. The first kappa shape index (κ1) is 20.7. The molecule has 2 aliphatic rings. The Morgan fingerprint density at radius 2 is 1.13 bits per heavy atom. The Bertz CT molecular complexity index is 1210. The Morgan fingerprint density at radius 1 is 0.581 bits per heavy atom. The highest BCUT2D eigenvalue weighted by Gasteiger charge is 2.42. The minimum atomic E-state index is 0.209. The van der Waals surface area contributed by atoms with Crippen LogP contribution in [0.5, 0.6) is 0 Å². The normalized spacial score (nSPS) is 22.2. The number of nitrogens with zero attached hydrogens (tertiary/aromatic N) is 1. The van der Waals surface area contributed by atoms with Gasteiger partial charge in [0.05, 0.1) is 5.69 Å². The molecule has 0 atom stereocenters. The average molecular weight is 412 g/mol. The van der Waals surface area contributed by atoms with E-state index in [-0.39, 0.29) is 21.7 Å². The second-order valence-corrected chi connectivity index (χ2v) is 12.8. The zero-order valence-corrected chi connectivity index (χ0v) is 20.6. The number of hydrogen-bond acceptors (Lipinski definition) is 1. The SMILES string of the molecule is CC1(C)CCC(C)(C)c2cc3cc(-c4ccc5c(c4)C(C)(C)CC5(C)C)ncc3cc21. The van der Waals surface area contributed by atoms with Gasteiger partial charge in [-0.3, -0.25) is 4.98 Å². The molecule has 0 amide bonds. The summed E-state index contributed by atoms with van der Waals surface area (Å²) in [4.78, 5) is 4.92. The van der Waals surface area contributed by atoms with Gasteiger partial charge >= 0.3 is 0 Å². The fourth-order valence-corrected chi connectivity index (χ4v) is 6.51. The Balaban J connectivity index is 1.65. The molecule has 162 valence electrons. The molecule has 3 aromatic rings. The van der Waals surface area contributed by atoms with Crippen LogP contribution in [0.3, 0.4) is 0 Å². The minimum Gasteiger partial charge on any atom is -0.256 e. The van der Waals surface area contributed by atoms with Crippen molar-refractivity contribution < 1.29 is 0 Å². The molecule has 0 spiro atoms. The second kappa shape index (κ2) is 6.21. The van der Waals surface area contributed by atoms with Crippen LogP contribution >= 0.6 is 0 Å². The van der Waals surface area contributed by atoms with Gasteiger partial charge in [-0.15, -0.1) is 0 Å². The molecule has 0 saturated carbocycles. The largest absolute Gasteiger partial charge is 0.256 e. The van der Waals surface area contributed by atoms with E-state index in [1.165, 1.54) is 57.9 Å². The zero-order valence-electron chi connectivity index (χ0n) is 20.6. The highest BCUT2D eigenvalue weighted by Crippen LogP contribution is 2.50. The lowest BCUT2D eigenvalue weighted by Crippen LogP contribution is -2.33. The molecule has 31 heavy (non-hydrogen) atoms. The number of rotatable bonds is 1. The molecule has 2 aliphatic carbocycles. The van der Waals surface area contributed by atoms with E-state index in [1.54, 1.807) is 0 Å². The van der Waals surface area contributed by atoms with Crippen molar-refractivity contribution in [3.05, 3.63) is 64.8 Å². The maximum Gasteiger partial charge on any atom is 0.0708 e. The molecule has 0 saturated heterocycles. The number of benzene rings is 2. The van der Waals surface area contributed by atoms with Gasteiger partial charge in [-0.2, -0.15) is 0 Å². The zero-order chi connectivity index (χ0) is 22.4. The molecule has 1 aromatic heterocycles. The van der Waals surface area contributed by atoms with Gasteiger partial charge in [0, 0.05) is 17.1 Å². The first-order valence-corrected chi connectivity index (χ1v) is 11.9. The quantitative estimate of drug-likeness (QED) is 0.393. The Morgan fingerprint density at radius 3 is 1.77 bits per heavy atom. The van der Waals surface area contributed by atoms with Crippen LogP contribution in [0.4, 0.5) is 0 Å². The molecule has 2 aromatic carbocycles. The van der Waals surface area contributed by atoms with E-state index in [2.05, 4.69) is 98.0 Å². The molecule has 0 radical (unpaired) electrons. The molecule has 5 rings (SSSR count). The van der Waals surface area contributed by atoms with E-state index in [0.717, 1.165) is 5.69 Å². The first-order valence-electron chi connectivity index (χ1n) is 11.9. The third-order valence-corrected chi connectivity index (χ3v) is 8.35. The molecular formula is C30H37N. The summed E-state index contributed by atoms with van der Waals surface area (Å²) in [5.41, 5.74) is 9.25. The molecule has 0 aliphatic heterocycles. The standard InChI is InChI=1S/C30H37N/c1-27(2)11-12-28(3,4)25-15-21-17-31-26(16-20(21)14-24(25)27)19-9-10-22-23(13-19)30(7,8)18-29(22,5)6/h9-10,13-17H,11-12,18H2,1-8H3. The van der Waals surface area contributed by atoms with Gasteiger partial charge in [-0.25, -0.2) is 0 Å². The predicted molar refractivity (Wildman–Crippen MR) is 133 cm³/mol. The van der Waals surface area contributed by atoms with Crippen molar-refractivity contribution in [1.82, 2.24) is 4.98 Å². The molecule has 0 N–H and O–H groups in total. The number of pyridine rings is 1. The van der Waals surface area contributed by atoms with Crippen molar-refractivity contribution in [2.45, 2.75) is 96.3 Å². The summed E-state index contributed by atoms with van der Waals surface area (Å²) in [7, 11) is 0. The highest BCUT2D eigenvalue weighted by molar-refractivity contribution is 5.87. The summed E-state index contributed by atoms with van der Waals surface area (Å²) in [6.45, 7) is 19.1. The lowest BCUT2D eigenvalue weighted by atomic mass is 9.63. The monoisotopic (exact) mass is 411 g/mol. The molecule has 0 fully saturated rings. The van der Waals surface area contributed by atoms with Crippen LogP contribution in [0, 0.1) is 0 Å². The van der Waals surface area contributed by atoms with Gasteiger partial charge in [-0.05, 0) is 86.8 Å². The van der Waals surface area contributed by atoms with E-state index in [4.69, 9.17) is 4.98 Å². The fraction of sp³-hybridized carbons (Fsp3) is 0.500. The summed E-state index contributed by atoms with van der Waals surface area (Å²) in [6, 6.07) is 14.2. The van der Waals surface area contributed by atoms with E-state index in [9.17, 15) is 0 Å². The van der Waals surface area contributed by atoms with E-state index in [1.807, 2.05) is 0 Å². The predicted octanol–water partition coefficient (Wildman–Crippen LogP) is 8.21. The number of aromatic nitrogens is 1. The van der Waals surface area contributed by atoms with Gasteiger partial charge in [-0.1, -0.05) is 73.6 Å². The second-order valence-electron chi connectivity index (χ2n) is 12.8. The van der Waals surface area contributed by atoms with E-state index < -0.39 is 0 Å². The van der Waals surface area contributed by atoms with Gasteiger partial charge in [0.15, 0.2) is 0 Å². The van der Waals surface area contributed by atoms with Crippen LogP contribution in [-0.4, -0.2) is 4.98 Å². The number of fused-ring (bicyclic) bond motifs is 3. The minimum absolute atomic E-state index is 0.209. The van der Waals surface area contributed by atoms with Crippen molar-refractivity contribution in [2.24, 2.45) is 0 Å². The molecule has 1 heterocycles. The van der Waals surface area contributed by atoms with Crippen LogP contribution in [0.1, 0.15) is 96.9 Å². The Kier molecular flexibility index (Phi) is 4.16. The summed E-state index contributed by atoms with van der Waals surface area (Å²) >= 11 is 0. The van der Waals surface area contributed by atoms with Crippen molar-refractivity contribution in [1.29, 1.82) is 0 Å². The summed E-state index contributed by atoms with van der Waals surface area (Å²) < 4.78 is 0. The lowest BCUT2D eigenvalue weighted by Gasteiger charge is -2.42. The fourth-order valence-electron chi connectivity index (χ4n) is 6.51. The Hall–Kier alpha value is -2.15. The maximum atomic E-state index is 4.92. The van der Waals surface area contributed by atoms with Crippen LogP contribution in [0.15, 0.2) is 42.6 Å². The van der Waals surface area contributed by atoms with Crippen molar-refractivity contribution in [2.75, 3.05) is 0 Å². The molecule has 1 heteroatoms. The summed E-state index contributed by atoms with van der Waals surface area (Å²) in [5, 5.41) is 2.57. The third-order valence-electron chi connectivity index (χ3n) is 8.35. The number of hydrogen-bond donors (Lipinski definition) is 0. The molecule has 0 unspecified atom stereocenters. The van der Waals surface area contributed by atoms with Crippen molar-refractivity contribution in [3.63, 3.8) is 0 Å². The van der Waals surface area contributed by atoms with Crippen molar-refractivity contribution >= 4 is 10.8 Å². The third kappa shape index (κ3) is 3.15. The van der Waals surface area contributed by atoms with Gasteiger partial charge in [0.2, 0.25) is 0 Å². The smallest absolute Gasteiger partial charge is 0.0708 e. The van der Waals surface area contributed by atoms with Crippen LogP contribution in [0.25, 0.3) is 22.0 Å². The van der Waals surface area contributed by atoms with Gasteiger partial charge in [0.1, 0.15) is 0 Å². The average Bonchev–Trinajstić information content (AvgIpc) is 2.88. The Labute approximate surface area is 188 Å². The van der Waals surface area contributed by atoms with E-state index >= 15 is 0 Å². The summed E-state index contributed by atoms with van der Waals surface area (Å²) in [5.74, 6) is 0. The van der Waals surface area contributed by atoms with Crippen LogP contribution < -0.4 is 0 Å². The van der Waals surface area contributed by atoms with Crippen LogP contribution in [-0.2, 0) is 21.7 Å². The van der Waals surface area contributed by atoms with Gasteiger partial charge in [0.25, 0.3) is 0 Å². The highest BCUT2D eigenvalue weighted by atomic mass is 14.7. The molecule has 0 bridgehead atoms. The maximum absolute atomic E-state index is 4.92. The summed E-state index contributed by atoms with van der Waals surface area (Å²) in [6.07, 6.45) is 5.77. The molecule has 1 nitrogen and oxygen atoms in total. The first-order chi connectivity index (χ1) is 14.3. The van der Waals surface area contributed by atoms with Crippen LogP contribution in [0.2, 0.25) is 0 Å². The van der Waals surface area contributed by atoms with Gasteiger partial charge < -0.3 is 0 Å². The topological polar surface area (TPSA) is 12.9 Å². The lowest BCUT2D eigenvalue weighted by molar-refractivity contribution is 0.332. The van der Waals surface area contributed by atoms with E-state index in [0.29, 0.717) is 0 Å².